The molecule has 55 valence electrons. The van der Waals surface area contributed by atoms with Gasteiger partial charge in [0.05, 0.1) is 0 Å². The molecule has 1 radical (unpaired) electrons. The molecule has 0 amide bonds. The Labute approximate surface area is 61.9 Å². The third-order valence-electron chi connectivity index (χ3n) is 1.54. The number of nitrogens with zero attached hydrogens (tertiary/aromatic N) is 2. The van der Waals surface area contributed by atoms with Crippen LogP contribution in [-0.2, 0) is 6.54 Å². The molecule has 1 aromatic heterocycles. The fraction of sp³-hybridized carbons (Fsp3) is 0.625. The average molecular weight is 137 g/mol. The smallest absolute Gasteiger partial charge is 0.116 e. The Kier molecular flexibility index (Phi) is 2.10. The van der Waals surface area contributed by atoms with Gasteiger partial charge in [0.2, 0.25) is 0 Å². The van der Waals surface area contributed by atoms with Gasteiger partial charge in [0.25, 0.3) is 0 Å². The lowest BCUT2D eigenvalue weighted by Gasteiger charge is -1.96. The van der Waals surface area contributed by atoms with Gasteiger partial charge in [0, 0.05) is 18.3 Å². The van der Waals surface area contributed by atoms with Crippen LogP contribution in [-0.4, -0.2) is 9.78 Å². The van der Waals surface area contributed by atoms with Gasteiger partial charge in [-0.3, -0.25) is 4.68 Å². The van der Waals surface area contributed by atoms with Crippen molar-refractivity contribution in [1.29, 1.82) is 0 Å². The van der Waals surface area contributed by atoms with Crippen LogP contribution in [0, 0.1) is 6.20 Å². The maximum atomic E-state index is 4.05. The quantitative estimate of drug-likeness (QED) is 0.608. The van der Waals surface area contributed by atoms with Crippen LogP contribution in [0.5, 0.6) is 0 Å². The lowest BCUT2D eigenvalue weighted by atomic mass is 10.1. The number of rotatable bonds is 2. The number of hydrogen-bond donors (Lipinski definition) is 0. The van der Waals surface area contributed by atoms with E-state index in [2.05, 4.69) is 32.1 Å². The van der Waals surface area contributed by atoms with Crippen LogP contribution in [0.4, 0.5) is 0 Å². The molecule has 1 aromatic rings. The van der Waals surface area contributed by atoms with Crippen LogP contribution < -0.4 is 0 Å². The standard InChI is InChI=1S/C8H13N2/c1-4-10-6-8(5-9-10)7(2)3/h6-7H,4H2,1-3H3. The van der Waals surface area contributed by atoms with E-state index in [0.717, 1.165) is 6.54 Å². The maximum absolute atomic E-state index is 4.05. The fourth-order valence-electron chi connectivity index (χ4n) is 0.780. The Morgan fingerprint density at radius 1 is 1.70 bits per heavy atom. The summed E-state index contributed by atoms with van der Waals surface area (Å²) < 4.78 is 1.90. The van der Waals surface area contributed by atoms with E-state index in [9.17, 15) is 0 Å². The van der Waals surface area contributed by atoms with Crippen molar-refractivity contribution in [3.63, 3.8) is 0 Å². The SMILES string of the molecule is CCn1cc(C(C)C)[c]n1. The summed E-state index contributed by atoms with van der Waals surface area (Å²) in [5.74, 6) is 0.542. The molecule has 10 heavy (non-hydrogen) atoms. The highest BCUT2D eigenvalue weighted by Crippen LogP contribution is 2.10. The first-order chi connectivity index (χ1) is 4.74. The summed E-state index contributed by atoms with van der Waals surface area (Å²) in [6.07, 6.45) is 5.02. The zero-order valence-corrected chi connectivity index (χ0v) is 6.76. The van der Waals surface area contributed by atoms with Crippen molar-refractivity contribution in [2.75, 3.05) is 0 Å². The van der Waals surface area contributed by atoms with Crippen LogP contribution in [0.25, 0.3) is 0 Å². The molecule has 0 N–H and O–H groups in total. The third-order valence-corrected chi connectivity index (χ3v) is 1.54. The Morgan fingerprint density at radius 3 is 2.70 bits per heavy atom. The van der Waals surface area contributed by atoms with Gasteiger partial charge in [-0.2, -0.15) is 5.10 Å². The van der Waals surface area contributed by atoms with Gasteiger partial charge in [-0.25, -0.2) is 0 Å². The number of aryl methyl sites for hydroxylation is 1. The van der Waals surface area contributed by atoms with Crippen molar-refractivity contribution in [2.24, 2.45) is 0 Å². The highest BCUT2D eigenvalue weighted by atomic mass is 15.3. The Bertz CT molecular complexity index is 201. The zero-order chi connectivity index (χ0) is 7.56. The highest BCUT2D eigenvalue weighted by Gasteiger charge is 2.00. The Balaban J connectivity index is 2.78. The molecule has 0 bridgehead atoms. The van der Waals surface area contributed by atoms with E-state index < -0.39 is 0 Å². The van der Waals surface area contributed by atoms with Crippen LogP contribution in [0.15, 0.2) is 6.20 Å². The Morgan fingerprint density at radius 2 is 2.40 bits per heavy atom. The number of hydrogen-bond acceptors (Lipinski definition) is 1. The molecule has 0 fully saturated rings. The van der Waals surface area contributed by atoms with Gasteiger partial charge in [-0.1, -0.05) is 13.8 Å². The van der Waals surface area contributed by atoms with E-state index in [1.807, 2.05) is 10.9 Å². The summed E-state index contributed by atoms with van der Waals surface area (Å²) in [6, 6.07) is 0. The maximum Gasteiger partial charge on any atom is 0.116 e. The van der Waals surface area contributed by atoms with Gasteiger partial charge in [-0.15, -0.1) is 0 Å². The molecule has 0 aliphatic heterocycles. The second-order valence-electron chi connectivity index (χ2n) is 2.71. The normalized spacial score (nSPS) is 10.8. The molecular weight excluding hydrogens is 124 g/mol. The summed E-state index contributed by atoms with van der Waals surface area (Å²) in [4.78, 5) is 0. The first-order valence-corrected chi connectivity index (χ1v) is 3.69. The molecule has 1 rings (SSSR count). The molecular formula is C8H13N2. The van der Waals surface area contributed by atoms with E-state index in [4.69, 9.17) is 0 Å². The van der Waals surface area contributed by atoms with E-state index in [1.54, 1.807) is 0 Å². The fourth-order valence-corrected chi connectivity index (χ4v) is 0.780. The minimum Gasteiger partial charge on any atom is -0.272 e. The van der Waals surface area contributed by atoms with Crippen molar-refractivity contribution in [2.45, 2.75) is 33.2 Å². The van der Waals surface area contributed by atoms with Crippen molar-refractivity contribution < 1.29 is 0 Å². The molecule has 0 spiro atoms. The van der Waals surface area contributed by atoms with Crippen molar-refractivity contribution in [3.05, 3.63) is 18.0 Å². The van der Waals surface area contributed by atoms with E-state index >= 15 is 0 Å². The molecule has 0 aliphatic carbocycles. The van der Waals surface area contributed by atoms with Gasteiger partial charge < -0.3 is 0 Å². The summed E-state index contributed by atoms with van der Waals surface area (Å²) >= 11 is 0. The second kappa shape index (κ2) is 2.86. The molecule has 0 saturated heterocycles. The molecule has 0 atom stereocenters. The van der Waals surface area contributed by atoms with Gasteiger partial charge in [0.1, 0.15) is 6.20 Å². The number of aromatic nitrogens is 2. The first-order valence-electron chi connectivity index (χ1n) is 3.69. The van der Waals surface area contributed by atoms with Crippen molar-refractivity contribution in [1.82, 2.24) is 9.78 Å². The first kappa shape index (κ1) is 7.32. The average Bonchev–Trinajstić information content (AvgIpc) is 2.34. The molecule has 0 aromatic carbocycles. The monoisotopic (exact) mass is 137 g/mol. The topological polar surface area (TPSA) is 17.8 Å². The molecule has 0 saturated carbocycles. The third kappa shape index (κ3) is 1.38. The van der Waals surface area contributed by atoms with Gasteiger partial charge >= 0.3 is 0 Å². The largest absolute Gasteiger partial charge is 0.272 e. The summed E-state index contributed by atoms with van der Waals surface area (Å²) in [6.45, 7) is 7.30. The lowest BCUT2D eigenvalue weighted by molar-refractivity contribution is 0.657. The van der Waals surface area contributed by atoms with Crippen molar-refractivity contribution in [3.8, 4) is 0 Å². The second-order valence-corrected chi connectivity index (χ2v) is 2.71. The predicted octanol–water partition coefficient (Wildman–Crippen LogP) is 1.83. The zero-order valence-electron chi connectivity index (χ0n) is 6.76. The minimum absolute atomic E-state index is 0.542. The minimum atomic E-state index is 0.542. The van der Waals surface area contributed by atoms with E-state index in [0.29, 0.717) is 5.92 Å². The summed E-state index contributed by atoms with van der Waals surface area (Å²) in [5.41, 5.74) is 1.20. The van der Waals surface area contributed by atoms with E-state index in [-0.39, 0.29) is 0 Å². The molecule has 2 heteroatoms. The van der Waals surface area contributed by atoms with E-state index in [1.165, 1.54) is 5.56 Å². The van der Waals surface area contributed by atoms with Crippen LogP contribution in [0.1, 0.15) is 32.3 Å². The predicted molar refractivity (Wildman–Crippen MR) is 40.8 cm³/mol. The summed E-state index contributed by atoms with van der Waals surface area (Å²) in [7, 11) is 0. The van der Waals surface area contributed by atoms with Crippen molar-refractivity contribution >= 4 is 0 Å². The molecule has 1 heterocycles. The van der Waals surface area contributed by atoms with Crippen LogP contribution >= 0.6 is 0 Å². The van der Waals surface area contributed by atoms with Crippen LogP contribution in [0.2, 0.25) is 0 Å². The lowest BCUT2D eigenvalue weighted by Crippen LogP contribution is -1.92. The molecule has 0 aliphatic rings. The van der Waals surface area contributed by atoms with Gasteiger partial charge in [0.15, 0.2) is 0 Å². The van der Waals surface area contributed by atoms with Gasteiger partial charge in [-0.05, 0) is 12.8 Å². The molecule has 2 nitrogen and oxygen atoms in total. The molecule has 0 unspecified atom stereocenters. The summed E-state index contributed by atoms with van der Waals surface area (Å²) in [5, 5.41) is 4.05. The van der Waals surface area contributed by atoms with Crippen LogP contribution in [0.3, 0.4) is 0 Å². The Hall–Kier alpha value is -0.790. The highest BCUT2D eigenvalue weighted by molar-refractivity contribution is 5.06.